The highest BCUT2D eigenvalue weighted by atomic mass is 16.7. The van der Waals surface area contributed by atoms with E-state index in [2.05, 4.69) is 0 Å². The van der Waals surface area contributed by atoms with E-state index < -0.39 is 0 Å². The molecule has 19 heavy (non-hydrogen) atoms. The Bertz CT molecular complexity index is 311. The van der Waals surface area contributed by atoms with Crippen molar-refractivity contribution < 1.29 is 19.0 Å². The molecule has 3 heterocycles. The van der Waals surface area contributed by atoms with Gasteiger partial charge in [-0.3, -0.25) is 4.79 Å². The molecular formula is C14H23NO4. The van der Waals surface area contributed by atoms with Gasteiger partial charge in [-0.2, -0.15) is 0 Å². The van der Waals surface area contributed by atoms with Crippen molar-refractivity contribution in [3.63, 3.8) is 0 Å². The Labute approximate surface area is 114 Å². The molecule has 0 aromatic heterocycles. The van der Waals surface area contributed by atoms with Gasteiger partial charge in [0, 0.05) is 25.7 Å². The molecule has 0 aromatic rings. The van der Waals surface area contributed by atoms with Crippen molar-refractivity contribution in [2.24, 2.45) is 5.92 Å². The highest BCUT2D eigenvalue weighted by molar-refractivity contribution is 5.79. The first-order chi connectivity index (χ1) is 9.36. The molecule has 1 atom stereocenters. The number of ether oxygens (including phenoxy) is 3. The van der Waals surface area contributed by atoms with E-state index in [0.29, 0.717) is 26.4 Å². The van der Waals surface area contributed by atoms with E-state index in [1.165, 1.54) is 0 Å². The number of hydrogen-bond acceptors (Lipinski definition) is 4. The summed E-state index contributed by atoms with van der Waals surface area (Å²) in [4.78, 5) is 14.7. The normalized spacial score (nSPS) is 30.7. The van der Waals surface area contributed by atoms with Crippen molar-refractivity contribution in [3.8, 4) is 0 Å². The molecule has 5 heteroatoms. The monoisotopic (exact) mass is 269 g/mol. The summed E-state index contributed by atoms with van der Waals surface area (Å²) in [6.45, 7) is 3.59. The van der Waals surface area contributed by atoms with Gasteiger partial charge in [-0.05, 0) is 32.1 Å². The van der Waals surface area contributed by atoms with Crippen molar-refractivity contribution in [1.29, 1.82) is 0 Å². The number of rotatable bonds is 2. The molecule has 3 aliphatic heterocycles. The molecule has 0 N–H and O–H groups in total. The Morgan fingerprint density at radius 2 is 1.68 bits per heavy atom. The van der Waals surface area contributed by atoms with E-state index in [9.17, 15) is 4.79 Å². The van der Waals surface area contributed by atoms with Crippen LogP contribution in [0.5, 0.6) is 0 Å². The van der Waals surface area contributed by atoms with Gasteiger partial charge >= 0.3 is 0 Å². The molecule has 3 saturated heterocycles. The fraction of sp³-hybridized carbons (Fsp3) is 0.929. The van der Waals surface area contributed by atoms with Crippen LogP contribution in [0.4, 0.5) is 0 Å². The van der Waals surface area contributed by atoms with Gasteiger partial charge in [-0.15, -0.1) is 0 Å². The summed E-state index contributed by atoms with van der Waals surface area (Å²) >= 11 is 0. The molecule has 1 amide bonds. The molecule has 3 aliphatic rings. The maximum atomic E-state index is 12.7. The van der Waals surface area contributed by atoms with Gasteiger partial charge in [0.25, 0.3) is 0 Å². The second-order valence-electron chi connectivity index (χ2n) is 5.59. The zero-order valence-electron chi connectivity index (χ0n) is 11.4. The topological polar surface area (TPSA) is 48.0 Å². The van der Waals surface area contributed by atoms with E-state index in [1.807, 2.05) is 4.90 Å². The van der Waals surface area contributed by atoms with Crippen LogP contribution in [0.3, 0.4) is 0 Å². The van der Waals surface area contributed by atoms with Crippen molar-refractivity contribution in [2.75, 3.05) is 33.0 Å². The van der Waals surface area contributed by atoms with Gasteiger partial charge in [-0.1, -0.05) is 0 Å². The lowest BCUT2D eigenvalue weighted by molar-refractivity contribution is -0.157. The minimum Gasteiger partial charge on any atom is -0.381 e. The van der Waals surface area contributed by atoms with Crippen molar-refractivity contribution in [1.82, 2.24) is 4.90 Å². The predicted molar refractivity (Wildman–Crippen MR) is 68.6 cm³/mol. The molecule has 0 radical (unpaired) electrons. The summed E-state index contributed by atoms with van der Waals surface area (Å²) < 4.78 is 16.6. The van der Waals surface area contributed by atoms with Crippen molar-refractivity contribution >= 4 is 5.91 Å². The Kier molecular flexibility index (Phi) is 4.35. The first kappa shape index (κ1) is 13.3. The van der Waals surface area contributed by atoms with Gasteiger partial charge < -0.3 is 19.1 Å². The summed E-state index contributed by atoms with van der Waals surface area (Å²) in [5, 5.41) is 0. The van der Waals surface area contributed by atoms with E-state index in [1.54, 1.807) is 0 Å². The molecular weight excluding hydrogens is 246 g/mol. The average molecular weight is 269 g/mol. The lowest BCUT2D eigenvalue weighted by atomic mass is 9.94. The SMILES string of the molecule is O=C(C1CCOCC1)N1CCCCC1C1OCCO1. The molecule has 5 nitrogen and oxygen atoms in total. The molecule has 3 fully saturated rings. The molecule has 3 rings (SSSR count). The van der Waals surface area contributed by atoms with E-state index >= 15 is 0 Å². The molecule has 0 aromatic carbocycles. The number of likely N-dealkylation sites (tertiary alicyclic amines) is 1. The summed E-state index contributed by atoms with van der Waals surface area (Å²) in [5.41, 5.74) is 0. The number of hydrogen-bond donors (Lipinski definition) is 0. The zero-order valence-corrected chi connectivity index (χ0v) is 11.4. The van der Waals surface area contributed by atoms with Gasteiger partial charge in [-0.25, -0.2) is 0 Å². The maximum absolute atomic E-state index is 12.7. The van der Waals surface area contributed by atoms with Crippen molar-refractivity contribution in [3.05, 3.63) is 0 Å². The first-order valence-electron chi connectivity index (χ1n) is 7.48. The van der Waals surface area contributed by atoms with Crippen LogP contribution in [-0.4, -0.2) is 56.1 Å². The third-order valence-electron chi connectivity index (χ3n) is 4.36. The highest BCUT2D eigenvalue weighted by Crippen LogP contribution is 2.28. The van der Waals surface area contributed by atoms with E-state index in [0.717, 1.165) is 38.6 Å². The van der Waals surface area contributed by atoms with Crippen LogP contribution in [0.2, 0.25) is 0 Å². The van der Waals surface area contributed by atoms with Gasteiger partial charge in [0.15, 0.2) is 6.29 Å². The minimum absolute atomic E-state index is 0.117. The number of piperidine rings is 1. The van der Waals surface area contributed by atoms with Crippen molar-refractivity contribution in [2.45, 2.75) is 44.4 Å². The van der Waals surface area contributed by atoms with Crippen LogP contribution in [0, 0.1) is 5.92 Å². The molecule has 0 bridgehead atoms. The van der Waals surface area contributed by atoms with Gasteiger partial charge in [0.2, 0.25) is 5.91 Å². The molecule has 0 aliphatic carbocycles. The summed E-state index contributed by atoms with van der Waals surface area (Å²) in [6, 6.07) is 0.117. The van der Waals surface area contributed by atoms with E-state index in [-0.39, 0.29) is 24.2 Å². The summed E-state index contributed by atoms with van der Waals surface area (Å²) in [6.07, 6.45) is 4.76. The van der Waals surface area contributed by atoms with Crippen LogP contribution < -0.4 is 0 Å². The van der Waals surface area contributed by atoms with Gasteiger partial charge in [0.1, 0.15) is 0 Å². The standard InChI is InChI=1S/C14H23NO4/c16-13(11-4-7-17-8-5-11)15-6-2-1-3-12(15)14-18-9-10-19-14/h11-12,14H,1-10H2. The van der Waals surface area contributed by atoms with Crippen LogP contribution in [0.15, 0.2) is 0 Å². The summed E-state index contributed by atoms with van der Waals surface area (Å²) in [7, 11) is 0. The molecule has 108 valence electrons. The number of carbonyl (C=O) groups is 1. The third kappa shape index (κ3) is 2.93. The fourth-order valence-electron chi connectivity index (χ4n) is 3.29. The first-order valence-corrected chi connectivity index (χ1v) is 7.48. The minimum atomic E-state index is -0.205. The Balaban J connectivity index is 1.66. The zero-order chi connectivity index (χ0) is 13.1. The number of nitrogens with zero attached hydrogens (tertiary/aromatic N) is 1. The Morgan fingerprint density at radius 1 is 0.947 bits per heavy atom. The van der Waals surface area contributed by atoms with Gasteiger partial charge in [0.05, 0.1) is 19.3 Å². The lowest BCUT2D eigenvalue weighted by Gasteiger charge is -2.40. The second kappa shape index (κ2) is 6.20. The molecule has 0 saturated carbocycles. The Hall–Kier alpha value is -0.650. The number of carbonyl (C=O) groups excluding carboxylic acids is 1. The van der Waals surface area contributed by atoms with E-state index in [4.69, 9.17) is 14.2 Å². The maximum Gasteiger partial charge on any atom is 0.226 e. The predicted octanol–water partition coefficient (Wildman–Crippen LogP) is 1.17. The smallest absolute Gasteiger partial charge is 0.226 e. The van der Waals surface area contributed by atoms with Crippen LogP contribution in [0.1, 0.15) is 32.1 Å². The summed E-state index contributed by atoms with van der Waals surface area (Å²) in [5.74, 6) is 0.419. The van der Waals surface area contributed by atoms with Crippen LogP contribution in [0.25, 0.3) is 0 Å². The third-order valence-corrected chi connectivity index (χ3v) is 4.36. The molecule has 0 spiro atoms. The highest BCUT2D eigenvalue weighted by Gasteiger charge is 2.38. The quantitative estimate of drug-likeness (QED) is 0.755. The second-order valence-corrected chi connectivity index (χ2v) is 5.59. The number of amides is 1. The van der Waals surface area contributed by atoms with Crippen LogP contribution >= 0.6 is 0 Å². The lowest BCUT2D eigenvalue weighted by Crippen LogP contribution is -2.52. The molecule has 1 unspecified atom stereocenters. The Morgan fingerprint density at radius 3 is 2.42 bits per heavy atom. The van der Waals surface area contributed by atoms with Crippen LogP contribution in [-0.2, 0) is 19.0 Å². The fourth-order valence-corrected chi connectivity index (χ4v) is 3.29. The largest absolute Gasteiger partial charge is 0.381 e. The average Bonchev–Trinajstić information content (AvgIpc) is 3.01.